The van der Waals surface area contributed by atoms with Crippen molar-refractivity contribution in [1.29, 1.82) is 0 Å². The molecule has 4 heteroatoms. The second kappa shape index (κ2) is 5.83. The monoisotopic (exact) mass is 244 g/mol. The Labute approximate surface area is 103 Å². The van der Waals surface area contributed by atoms with Crippen LogP contribution >= 0.6 is 0 Å². The maximum atomic E-state index is 11.9. The Bertz CT molecular complexity index is 264. The fraction of sp³-hybridized carbons (Fsp3) is 0.923. The van der Waals surface area contributed by atoms with Crippen molar-refractivity contribution in [1.82, 2.24) is 0 Å². The molecule has 0 spiro atoms. The smallest absolute Gasteiger partial charge is 0.338 e. The van der Waals surface area contributed by atoms with Gasteiger partial charge in [-0.25, -0.2) is 4.79 Å². The molecule has 0 aromatic carbocycles. The fourth-order valence-corrected chi connectivity index (χ4v) is 2.80. The summed E-state index contributed by atoms with van der Waals surface area (Å²) in [4.78, 5) is 11.9. The van der Waals surface area contributed by atoms with Gasteiger partial charge in [0.05, 0.1) is 13.2 Å². The van der Waals surface area contributed by atoms with Gasteiger partial charge < -0.3 is 14.6 Å². The van der Waals surface area contributed by atoms with E-state index in [4.69, 9.17) is 9.47 Å². The molecule has 0 aromatic heterocycles. The Morgan fingerprint density at radius 3 is 2.47 bits per heavy atom. The Morgan fingerprint density at radius 2 is 2.00 bits per heavy atom. The summed E-state index contributed by atoms with van der Waals surface area (Å²) in [6, 6.07) is 0. The second-order valence-corrected chi connectivity index (χ2v) is 5.19. The molecule has 0 amide bonds. The summed E-state index contributed by atoms with van der Waals surface area (Å²) in [5.74, 6) is -0.751. The number of esters is 1. The van der Waals surface area contributed by atoms with E-state index in [1.54, 1.807) is 7.11 Å². The van der Waals surface area contributed by atoms with Crippen molar-refractivity contribution < 1.29 is 19.4 Å². The topological polar surface area (TPSA) is 55.8 Å². The van der Waals surface area contributed by atoms with Crippen LogP contribution in [0.3, 0.4) is 0 Å². The van der Waals surface area contributed by atoms with Crippen LogP contribution in [0.2, 0.25) is 0 Å². The molecule has 3 unspecified atom stereocenters. The molecule has 1 fully saturated rings. The number of hydrogen-bond acceptors (Lipinski definition) is 4. The van der Waals surface area contributed by atoms with Gasteiger partial charge in [-0.2, -0.15) is 0 Å². The molecule has 4 nitrogen and oxygen atoms in total. The van der Waals surface area contributed by atoms with Gasteiger partial charge in [0.25, 0.3) is 0 Å². The molecule has 1 aliphatic rings. The maximum absolute atomic E-state index is 11.9. The number of rotatable bonds is 4. The van der Waals surface area contributed by atoms with Crippen molar-refractivity contribution in [3.8, 4) is 0 Å². The average molecular weight is 244 g/mol. The fourth-order valence-electron chi connectivity index (χ4n) is 2.80. The number of carbonyl (C=O) groups excluding carboxylic acids is 1. The molecule has 0 saturated heterocycles. The zero-order chi connectivity index (χ0) is 13.1. The van der Waals surface area contributed by atoms with Gasteiger partial charge >= 0.3 is 5.97 Å². The van der Waals surface area contributed by atoms with Crippen LogP contribution in [-0.4, -0.2) is 37.0 Å². The van der Waals surface area contributed by atoms with Crippen molar-refractivity contribution in [2.75, 3.05) is 14.2 Å². The lowest BCUT2D eigenvalue weighted by molar-refractivity contribution is -0.179. The molecule has 0 aliphatic heterocycles. The molecule has 1 N–H and O–H groups in total. The van der Waals surface area contributed by atoms with Gasteiger partial charge in [-0.1, -0.05) is 20.3 Å². The van der Waals surface area contributed by atoms with Crippen LogP contribution in [-0.2, 0) is 14.3 Å². The Kier molecular flexibility index (Phi) is 4.95. The summed E-state index contributed by atoms with van der Waals surface area (Å²) in [7, 11) is 3.01. The summed E-state index contributed by atoms with van der Waals surface area (Å²) in [6.07, 6.45) is 3.70. The first-order valence-corrected chi connectivity index (χ1v) is 6.30. The lowest BCUT2D eigenvalue weighted by Gasteiger charge is -2.40. The Balaban J connectivity index is 2.87. The Hall–Kier alpha value is -0.610. The van der Waals surface area contributed by atoms with Gasteiger partial charge in [-0.3, -0.25) is 0 Å². The molecular formula is C13H24O4. The van der Waals surface area contributed by atoms with E-state index in [0.29, 0.717) is 0 Å². The van der Waals surface area contributed by atoms with Crippen LogP contribution in [0.25, 0.3) is 0 Å². The van der Waals surface area contributed by atoms with Gasteiger partial charge in [0.1, 0.15) is 0 Å². The quantitative estimate of drug-likeness (QED) is 0.765. The second-order valence-electron chi connectivity index (χ2n) is 5.19. The molecule has 0 bridgehead atoms. The average Bonchev–Trinajstić information content (AvgIpc) is 2.36. The standard InChI is InChI=1S/C13H24O4/c1-9(2)13(15,12(14)17-4)10-6-5-7-11(8-10)16-3/h9-11,15H,5-8H2,1-4H3. The summed E-state index contributed by atoms with van der Waals surface area (Å²) >= 11 is 0. The lowest BCUT2D eigenvalue weighted by Crippen LogP contribution is -2.52. The van der Waals surface area contributed by atoms with E-state index in [9.17, 15) is 9.90 Å². The predicted molar refractivity (Wildman–Crippen MR) is 64.6 cm³/mol. The van der Waals surface area contributed by atoms with Crippen molar-refractivity contribution in [3.63, 3.8) is 0 Å². The number of methoxy groups -OCH3 is 2. The molecule has 17 heavy (non-hydrogen) atoms. The summed E-state index contributed by atoms with van der Waals surface area (Å²) in [5.41, 5.74) is -1.38. The first-order chi connectivity index (χ1) is 7.96. The minimum atomic E-state index is -1.38. The highest BCUT2D eigenvalue weighted by Gasteiger charge is 2.49. The molecule has 1 aliphatic carbocycles. The summed E-state index contributed by atoms with van der Waals surface area (Å²) < 4.78 is 10.1. The van der Waals surface area contributed by atoms with Crippen molar-refractivity contribution >= 4 is 5.97 Å². The maximum Gasteiger partial charge on any atom is 0.338 e. The predicted octanol–water partition coefficient (Wildman–Crippen LogP) is 1.75. The molecule has 0 radical (unpaired) electrons. The van der Waals surface area contributed by atoms with Crippen LogP contribution in [0.5, 0.6) is 0 Å². The molecule has 100 valence electrons. The highest BCUT2D eigenvalue weighted by molar-refractivity contribution is 5.80. The first kappa shape index (κ1) is 14.5. The van der Waals surface area contributed by atoms with Gasteiger partial charge in [0.2, 0.25) is 0 Å². The zero-order valence-corrected chi connectivity index (χ0v) is 11.2. The van der Waals surface area contributed by atoms with Gasteiger partial charge in [0, 0.05) is 13.0 Å². The lowest BCUT2D eigenvalue weighted by atomic mass is 9.70. The minimum absolute atomic E-state index is 0.0753. The molecule has 1 rings (SSSR count). The highest BCUT2D eigenvalue weighted by atomic mass is 16.5. The molecule has 1 saturated carbocycles. The third kappa shape index (κ3) is 2.80. The van der Waals surface area contributed by atoms with E-state index in [0.717, 1.165) is 25.7 Å². The summed E-state index contributed by atoms with van der Waals surface area (Å²) in [5, 5.41) is 10.7. The normalized spacial score (nSPS) is 28.8. The van der Waals surface area contributed by atoms with Crippen molar-refractivity contribution in [3.05, 3.63) is 0 Å². The molecule has 0 heterocycles. The van der Waals surface area contributed by atoms with E-state index >= 15 is 0 Å². The summed E-state index contributed by atoms with van der Waals surface area (Å²) in [6.45, 7) is 3.71. The van der Waals surface area contributed by atoms with Gasteiger partial charge in [-0.15, -0.1) is 0 Å². The zero-order valence-electron chi connectivity index (χ0n) is 11.2. The number of aliphatic hydroxyl groups is 1. The van der Waals surface area contributed by atoms with Gasteiger partial charge in [-0.05, 0) is 25.2 Å². The SMILES string of the molecule is COC(=O)C(O)(C(C)C)C1CCCC(OC)C1. The van der Waals surface area contributed by atoms with E-state index in [-0.39, 0.29) is 17.9 Å². The molecular weight excluding hydrogens is 220 g/mol. The van der Waals surface area contributed by atoms with Crippen LogP contribution in [0.1, 0.15) is 39.5 Å². The van der Waals surface area contributed by atoms with E-state index in [1.165, 1.54) is 7.11 Å². The third-order valence-corrected chi connectivity index (χ3v) is 3.97. The number of hydrogen-bond donors (Lipinski definition) is 1. The van der Waals surface area contributed by atoms with Crippen LogP contribution in [0.15, 0.2) is 0 Å². The van der Waals surface area contributed by atoms with E-state index in [1.807, 2.05) is 13.8 Å². The third-order valence-electron chi connectivity index (χ3n) is 3.97. The van der Waals surface area contributed by atoms with Crippen LogP contribution in [0.4, 0.5) is 0 Å². The van der Waals surface area contributed by atoms with Gasteiger partial charge in [0.15, 0.2) is 5.60 Å². The molecule has 0 aromatic rings. The highest BCUT2D eigenvalue weighted by Crippen LogP contribution is 2.38. The van der Waals surface area contributed by atoms with Crippen molar-refractivity contribution in [2.24, 2.45) is 11.8 Å². The van der Waals surface area contributed by atoms with E-state index < -0.39 is 11.6 Å². The molecule has 3 atom stereocenters. The first-order valence-electron chi connectivity index (χ1n) is 6.30. The van der Waals surface area contributed by atoms with Crippen LogP contribution < -0.4 is 0 Å². The van der Waals surface area contributed by atoms with Crippen molar-refractivity contribution in [2.45, 2.75) is 51.2 Å². The Morgan fingerprint density at radius 1 is 1.35 bits per heavy atom. The minimum Gasteiger partial charge on any atom is -0.467 e. The number of ether oxygens (including phenoxy) is 2. The van der Waals surface area contributed by atoms with Crippen LogP contribution in [0, 0.1) is 11.8 Å². The van der Waals surface area contributed by atoms with E-state index in [2.05, 4.69) is 0 Å². The largest absolute Gasteiger partial charge is 0.467 e. The number of carbonyl (C=O) groups is 1.